The van der Waals surface area contributed by atoms with E-state index in [4.69, 9.17) is 10.3 Å². The fraction of sp³-hybridized carbons (Fsp3) is 0.667. The minimum atomic E-state index is -0.440. The first-order valence-electron chi connectivity index (χ1n) is 6.61. The maximum atomic E-state index is 6.47. The van der Waals surface area contributed by atoms with E-state index in [1.165, 1.54) is 24.4 Å². The van der Waals surface area contributed by atoms with Gasteiger partial charge in [0, 0.05) is 0 Å². The van der Waals surface area contributed by atoms with E-state index in [9.17, 15) is 0 Å². The molecule has 1 aliphatic carbocycles. The fourth-order valence-electron chi connectivity index (χ4n) is 2.53. The van der Waals surface area contributed by atoms with Crippen LogP contribution in [0.1, 0.15) is 50.0 Å². The highest BCUT2D eigenvalue weighted by Crippen LogP contribution is 2.33. The SMILES string of the molecule is Cc1nnsc1-c1nc(C2(N)CCCCCC2)no1. The molecule has 2 aromatic heterocycles. The summed E-state index contributed by atoms with van der Waals surface area (Å²) in [5.41, 5.74) is 6.84. The van der Waals surface area contributed by atoms with E-state index >= 15 is 0 Å². The van der Waals surface area contributed by atoms with E-state index in [0.717, 1.165) is 36.3 Å². The molecular weight excluding hydrogens is 262 g/mol. The fourth-order valence-corrected chi connectivity index (χ4v) is 3.11. The van der Waals surface area contributed by atoms with Crippen LogP contribution in [0.4, 0.5) is 0 Å². The molecule has 2 heterocycles. The molecule has 0 bridgehead atoms. The maximum Gasteiger partial charge on any atom is 0.271 e. The molecule has 1 saturated carbocycles. The van der Waals surface area contributed by atoms with E-state index < -0.39 is 5.54 Å². The lowest BCUT2D eigenvalue weighted by Crippen LogP contribution is -2.37. The molecule has 1 aliphatic rings. The Morgan fingerprint density at radius 1 is 1.21 bits per heavy atom. The summed E-state index contributed by atoms with van der Waals surface area (Å²) in [5.74, 6) is 1.11. The van der Waals surface area contributed by atoms with E-state index in [-0.39, 0.29) is 0 Å². The quantitative estimate of drug-likeness (QED) is 0.849. The van der Waals surface area contributed by atoms with Crippen LogP contribution in [-0.4, -0.2) is 19.7 Å². The van der Waals surface area contributed by atoms with Crippen LogP contribution < -0.4 is 5.73 Å². The lowest BCUT2D eigenvalue weighted by atomic mass is 9.91. The Morgan fingerprint density at radius 2 is 1.95 bits per heavy atom. The highest BCUT2D eigenvalue weighted by molar-refractivity contribution is 7.09. The standard InChI is InChI=1S/C12H17N5OS/c1-8-9(19-17-15-8)10-14-11(16-18-10)12(13)6-4-2-3-5-7-12/h2-7,13H2,1H3. The minimum Gasteiger partial charge on any atom is -0.333 e. The molecule has 0 unspecified atom stereocenters. The van der Waals surface area contributed by atoms with Crippen molar-refractivity contribution < 1.29 is 4.52 Å². The van der Waals surface area contributed by atoms with Gasteiger partial charge in [0.2, 0.25) is 0 Å². The molecule has 0 aromatic carbocycles. The third-order valence-corrected chi connectivity index (χ3v) is 4.53. The molecule has 0 spiro atoms. The van der Waals surface area contributed by atoms with E-state index in [0.29, 0.717) is 11.7 Å². The maximum absolute atomic E-state index is 6.47. The number of aromatic nitrogens is 4. The number of aryl methyl sites for hydroxylation is 1. The zero-order valence-electron chi connectivity index (χ0n) is 10.9. The second-order valence-electron chi connectivity index (χ2n) is 5.18. The van der Waals surface area contributed by atoms with Crippen molar-refractivity contribution in [2.24, 2.45) is 5.73 Å². The van der Waals surface area contributed by atoms with Gasteiger partial charge < -0.3 is 10.3 Å². The van der Waals surface area contributed by atoms with Gasteiger partial charge >= 0.3 is 0 Å². The van der Waals surface area contributed by atoms with Crippen molar-refractivity contribution in [2.45, 2.75) is 51.0 Å². The lowest BCUT2D eigenvalue weighted by molar-refractivity contribution is 0.334. The van der Waals surface area contributed by atoms with Gasteiger partial charge in [-0.3, -0.25) is 0 Å². The largest absolute Gasteiger partial charge is 0.333 e. The van der Waals surface area contributed by atoms with Crippen LogP contribution in [0.3, 0.4) is 0 Å². The van der Waals surface area contributed by atoms with Crippen LogP contribution in [0, 0.1) is 6.92 Å². The predicted octanol–water partition coefficient (Wildman–Crippen LogP) is 2.40. The number of nitrogens with two attached hydrogens (primary N) is 1. The van der Waals surface area contributed by atoms with E-state index in [1.807, 2.05) is 6.92 Å². The molecule has 0 atom stereocenters. The van der Waals surface area contributed by atoms with Crippen LogP contribution in [0.25, 0.3) is 10.8 Å². The Labute approximate surface area is 115 Å². The monoisotopic (exact) mass is 279 g/mol. The first kappa shape index (κ1) is 12.7. The van der Waals surface area contributed by atoms with Gasteiger partial charge in [0.1, 0.15) is 4.88 Å². The van der Waals surface area contributed by atoms with Gasteiger partial charge in [-0.1, -0.05) is 35.3 Å². The number of rotatable bonds is 2. The van der Waals surface area contributed by atoms with Crippen LogP contribution in [-0.2, 0) is 5.54 Å². The van der Waals surface area contributed by atoms with Gasteiger partial charge in [0.15, 0.2) is 5.82 Å². The molecule has 102 valence electrons. The molecular formula is C12H17N5OS. The van der Waals surface area contributed by atoms with Gasteiger partial charge in [-0.15, -0.1) is 5.10 Å². The molecule has 0 radical (unpaired) electrons. The third kappa shape index (κ3) is 2.40. The summed E-state index contributed by atoms with van der Waals surface area (Å²) in [4.78, 5) is 5.31. The highest BCUT2D eigenvalue weighted by atomic mass is 32.1. The number of hydrogen-bond donors (Lipinski definition) is 1. The Bertz CT molecular complexity index is 556. The summed E-state index contributed by atoms with van der Waals surface area (Å²) in [7, 11) is 0. The minimum absolute atomic E-state index is 0.440. The van der Waals surface area contributed by atoms with Crippen molar-refractivity contribution >= 4 is 11.5 Å². The molecule has 3 rings (SSSR count). The highest BCUT2D eigenvalue weighted by Gasteiger charge is 2.33. The second kappa shape index (κ2) is 4.97. The van der Waals surface area contributed by atoms with Crippen LogP contribution in [0.5, 0.6) is 0 Å². The zero-order chi connectivity index (χ0) is 13.3. The molecule has 1 fully saturated rings. The van der Waals surface area contributed by atoms with Crippen molar-refractivity contribution in [3.05, 3.63) is 11.5 Å². The lowest BCUT2D eigenvalue weighted by Gasteiger charge is -2.23. The summed E-state index contributed by atoms with van der Waals surface area (Å²) < 4.78 is 9.22. The molecule has 6 nitrogen and oxygen atoms in total. The Hall–Kier alpha value is -1.34. The Balaban J connectivity index is 1.90. The van der Waals surface area contributed by atoms with Crippen molar-refractivity contribution in [1.82, 2.24) is 19.7 Å². The summed E-state index contributed by atoms with van der Waals surface area (Å²) in [6.45, 7) is 1.88. The first-order chi connectivity index (χ1) is 9.19. The van der Waals surface area contributed by atoms with Gasteiger partial charge in [0.25, 0.3) is 5.89 Å². The molecule has 19 heavy (non-hydrogen) atoms. The molecule has 0 saturated heterocycles. The summed E-state index contributed by atoms with van der Waals surface area (Å²) in [6.07, 6.45) is 6.57. The first-order valence-corrected chi connectivity index (χ1v) is 7.39. The topological polar surface area (TPSA) is 90.7 Å². The van der Waals surface area contributed by atoms with Gasteiger partial charge in [-0.2, -0.15) is 4.98 Å². The van der Waals surface area contributed by atoms with Crippen molar-refractivity contribution in [3.8, 4) is 10.8 Å². The second-order valence-corrected chi connectivity index (χ2v) is 5.94. The van der Waals surface area contributed by atoms with Crippen molar-refractivity contribution in [2.75, 3.05) is 0 Å². The summed E-state index contributed by atoms with van der Waals surface area (Å²) in [6, 6.07) is 0. The van der Waals surface area contributed by atoms with E-state index in [2.05, 4.69) is 19.7 Å². The third-order valence-electron chi connectivity index (χ3n) is 3.71. The number of hydrogen-bond acceptors (Lipinski definition) is 7. The Kier molecular flexibility index (Phi) is 3.32. The van der Waals surface area contributed by atoms with Crippen LogP contribution >= 0.6 is 11.5 Å². The van der Waals surface area contributed by atoms with Gasteiger partial charge in [0.05, 0.1) is 11.2 Å². The summed E-state index contributed by atoms with van der Waals surface area (Å²) in [5, 5.41) is 8.05. The van der Waals surface area contributed by atoms with Gasteiger partial charge in [-0.25, -0.2) is 0 Å². The van der Waals surface area contributed by atoms with Crippen LogP contribution in [0.15, 0.2) is 4.52 Å². The molecule has 7 heteroatoms. The molecule has 0 amide bonds. The smallest absolute Gasteiger partial charge is 0.271 e. The molecule has 2 N–H and O–H groups in total. The average molecular weight is 279 g/mol. The molecule has 2 aromatic rings. The van der Waals surface area contributed by atoms with Crippen molar-refractivity contribution in [1.29, 1.82) is 0 Å². The number of nitrogens with zero attached hydrogens (tertiary/aromatic N) is 4. The normalized spacial score (nSPS) is 19.3. The Morgan fingerprint density at radius 3 is 2.58 bits per heavy atom. The van der Waals surface area contributed by atoms with E-state index in [1.54, 1.807) is 0 Å². The van der Waals surface area contributed by atoms with Gasteiger partial charge in [-0.05, 0) is 31.3 Å². The summed E-state index contributed by atoms with van der Waals surface area (Å²) >= 11 is 1.27. The average Bonchev–Trinajstić information content (AvgIpc) is 2.97. The zero-order valence-corrected chi connectivity index (χ0v) is 11.7. The predicted molar refractivity (Wildman–Crippen MR) is 71.5 cm³/mol. The van der Waals surface area contributed by atoms with Crippen molar-refractivity contribution in [3.63, 3.8) is 0 Å². The van der Waals surface area contributed by atoms with Crippen LogP contribution in [0.2, 0.25) is 0 Å². The molecule has 0 aliphatic heterocycles.